The van der Waals surface area contributed by atoms with Gasteiger partial charge in [-0.3, -0.25) is 0 Å². The Morgan fingerprint density at radius 3 is 2.90 bits per heavy atom. The summed E-state index contributed by atoms with van der Waals surface area (Å²) in [6.45, 7) is 0.731. The highest BCUT2D eigenvalue weighted by Crippen LogP contribution is 2.21. The van der Waals surface area contributed by atoms with Crippen molar-refractivity contribution in [3.8, 4) is 11.8 Å². The molecule has 0 radical (unpaired) electrons. The fourth-order valence-corrected chi connectivity index (χ4v) is 2.80. The molecule has 0 saturated heterocycles. The van der Waals surface area contributed by atoms with Gasteiger partial charge in [0.2, 0.25) is 0 Å². The second kappa shape index (κ2) is 7.72. The zero-order valence-electron chi connectivity index (χ0n) is 11.6. The van der Waals surface area contributed by atoms with Gasteiger partial charge < -0.3 is 9.47 Å². The Hall–Kier alpha value is -1.97. The summed E-state index contributed by atoms with van der Waals surface area (Å²) in [4.78, 5) is 5.36. The van der Waals surface area contributed by atoms with Crippen molar-refractivity contribution in [2.45, 2.75) is 19.4 Å². The molecule has 0 amide bonds. The van der Waals surface area contributed by atoms with Crippen molar-refractivity contribution in [1.82, 2.24) is 4.98 Å². The Bertz CT molecular complexity index is 637. The van der Waals surface area contributed by atoms with Crippen LogP contribution in [0.1, 0.15) is 15.6 Å². The van der Waals surface area contributed by atoms with Crippen LogP contribution in [0.5, 0.6) is 5.75 Å². The zero-order chi connectivity index (χ0) is 15.1. The Morgan fingerprint density at radius 1 is 1.38 bits per heavy atom. The number of nitrogens with zero attached hydrogens (tertiary/aromatic N) is 2. The third kappa shape index (κ3) is 4.25. The number of nitriles is 1. The van der Waals surface area contributed by atoms with Gasteiger partial charge in [-0.2, -0.15) is 5.26 Å². The summed E-state index contributed by atoms with van der Waals surface area (Å²) in [5.41, 5.74) is 0.796. The largest absolute Gasteiger partial charge is 0.490 e. The minimum atomic E-state index is -0.373. The Balaban J connectivity index is 1.95. The van der Waals surface area contributed by atoms with Gasteiger partial charge in [-0.15, -0.1) is 11.3 Å². The first-order valence-electron chi connectivity index (χ1n) is 6.45. The van der Waals surface area contributed by atoms with Crippen LogP contribution < -0.4 is 4.74 Å². The van der Waals surface area contributed by atoms with Gasteiger partial charge in [0.15, 0.2) is 11.6 Å². The number of aromatic nitrogens is 1. The predicted molar refractivity (Wildman–Crippen MR) is 77.7 cm³/mol. The van der Waals surface area contributed by atoms with Crippen molar-refractivity contribution in [3.63, 3.8) is 0 Å². The van der Waals surface area contributed by atoms with E-state index in [0.29, 0.717) is 26.1 Å². The fourth-order valence-electron chi connectivity index (χ4n) is 1.81. The van der Waals surface area contributed by atoms with Gasteiger partial charge >= 0.3 is 0 Å². The van der Waals surface area contributed by atoms with E-state index in [1.807, 2.05) is 0 Å². The van der Waals surface area contributed by atoms with E-state index in [2.05, 4.69) is 11.1 Å². The van der Waals surface area contributed by atoms with Gasteiger partial charge in [0.05, 0.1) is 36.4 Å². The summed E-state index contributed by atoms with van der Waals surface area (Å²) < 4.78 is 23.9. The molecule has 2 rings (SSSR count). The van der Waals surface area contributed by atoms with Crippen LogP contribution >= 0.6 is 11.3 Å². The number of ether oxygens (including phenoxy) is 2. The van der Waals surface area contributed by atoms with E-state index in [4.69, 9.17) is 14.7 Å². The monoisotopic (exact) mass is 306 g/mol. The minimum Gasteiger partial charge on any atom is -0.490 e. The van der Waals surface area contributed by atoms with Crippen LogP contribution in [0.2, 0.25) is 0 Å². The molecule has 21 heavy (non-hydrogen) atoms. The van der Waals surface area contributed by atoms with Crippen LogP contribution in [-0.2, 0) is 24.2 Å². The quantitative estimate of drug-likeness (QED) is 0.788. The van der Waals surface area contributed by atoms with Crippen LogP contribution in [0.3, 0.4) is 0 Å². The average Bonchev–Trinajstić information content (AvgIpc) is 2.84. The molecule has 0 N–H and O–H groups in total. The number of benzene rings is 1. The standard InChI is InChI=1S/C15H15FN2O2S/c1-19-10-12-14(6-8-17)21-15(18-12)7-9-20-13-5-3-2-4-11(13)16/h2-5H,6-7,9-10H2,1H3. The SMILES string of the molecule is COCc1nc(CCOc2ccccc2F)sc1CC#N. The van der Waals surface area contributed by atoms with E-state index < -0.39 is 0 Å². The van der Waals surface area contributed by atoms with E-state index in [-0.39, 0.29) is 11.6 Å². The van der Waals surface area contributed by atoms with Gasteiger partial charge in [0.1, 0.15) is 0 Å². The molecular formula is C15H15FN2O2S. The highest BCUT2D eigenvalue weighted by molar-refractivity contribution is 7.11. The molecule has 0 aliphatic rings. The summed E-state index contributed by atoms with van der Waals surface area (Å²) in [7, 11) is 1.59. The first-order valence-corrected chi connectivity index (χ1v) is 7.27. The maximum atomic E-state index is 13.4. The molecule has 4 nitrogen and oxygen atoms in total. The number of para-hydroxylation sites is 1. The minimum absolute atomic E-state index is 0.239. The summed E-state index contributed by atoms with van der Waals surface area (Å²) in [6.07, 6.45) is 0.895. The number of rotatable bonds is 7. The first kappa shape index (κ1) is 15.4. The van der Waals surface area contributed by atoms with Crippen molar-refractivity contribution in [3.05, 3.63) is 45.7 Å². The molecule has 0 spiro atoms. The molecule has 1 heterocycles. The molecule has 0 unspecified atom stereocenters. The molecule has 0 atom stereocenters. The lowest BCUT2D eigenvalue weighted by molar-refractivity contribution is 0.181. The van der Waals surface area contributed by atoms with Gasteiger partial charge in [-0.05, 0) is 12.1 Å². The first-order chi connectivity index (χ1) is 10.2. The van der Waals surface area contributed by atoms with Gasteiger partial charge in [0, 0.05) is 18.4 Å². The predicted octanol–water partition coefficient (Wildman–Crippen LogP) is 3.12. The van der Waals surface area contributed by atoms with Crippen molar-refractivity contribution in [1.29, 1.82) is 5.26 Å². The normalized spacial score (nSPS) is 10.3. The highest BCUT2D eigenvalue weighted by atomic mass is 32.1. The van der Waals surface area contributed by atoms with E-state index in [1.54, 1.807) is 25.3 Å². The number of thiazole rings is 1. The fraction of sp³-hybridized carbons (Fsp3) is 0.333. The molecule has 0 saturated carbocycles. The lowest BCUT2D eigenvalue weighted by Crippen LogP contribution is -2.02. The van der Waals surface area contributed by atoms with Crippen molar-refractivity contribution in [2.24, 2.45) is 0 Å². The van der Waals surface area contributed by atoms with Crippen LogP contribution in [0.4, 0.5) is 4.39 Å². The zero-order valence-corrected chi connectivity index (χ0v) is 12.5. The summed E-state index contributed by atoms with van der Waals surface area (Å²) in [5.74, 6) is -0.134. The lowest BCUT2D eigenvalue weighted by atomic mass is 10.3. The lowest BCUT2D eigenvalue weighted by Gasteiger charge is -2.05. The summed E-state index contributed by atoms with van der Waals surface area (Å²) >= 11 is 1.48. The van der Waals surface area contributed by atoms with Crippen molar-refractivity contribution >= 4 is 11.3 Å². The topological polar surface area (TPSA) is 55.1 Å². The second-order valence-electron chi connectivity index (χ2n) is 4.27. The van der Waals surface area contributed by atoms with E-state index in [0.717, 1.165) is 15.6 Å². The molecule has 0 bridgehead atoms. The second-order valence-corrected chi connectivity index (χ2v) is 5.44. The smallest absolute Gasteiger partial charge is 0.165 e. The van der Waals surface area contributed by atoms with Crippen molar-refractivity contribution < 1.29 is 13.9 Å². The molecule has 2 aromatic rings. The molecule has 110 valence electrons. The van der Waals surface area contributed by atoms with Gasteiger partial charge in [-0.1, -0.05) is 12.1 Å². The number of hydrogen-bond acceptors (Lipinski definition) is 5. The van der Waals surface area contributed by atoms with Crippen LogP contribution in [0.15, 0.2) is 24.3 Å². The number of methoxy groups -OCH3 is 1. The molecule has 1 aromatic heterocycles. The number of halogens is 1. The molecule has 0 fully saturated rings. The number of hydrogen-bond donors (Lipinski definition) is 0. The van der Waals surface area contributed by atoms with Crippen LogP contribution in [-0.4, -0.2) is 18.7 Å². The Morgan fingerprint density at radius 2 is 2.19 bits per heavy atom. The third-order valence-corrected chi connectivity index (χ3v) is 3.91. The van der Waals surface area contributed by atoms with Crippen molar-refractivity contribution in [2.75, 3.05) is 13.7 Å². The molecule has 6 heteroatoms. The van der Waals surface area contributed by atoms with Gasteiger partial charge in [0.25, 0.3) is 0 Å². The Labute approximate surface area is 126 Å². The highest BCUT2D eigenvalue weighted by Gasteiger charge is 2.11. The maximum Gasteiger partial charge on any atom is 0.165 e. The molecule has 1 aromatic carbocycles. The van der Waals surface area contributed by atoms with Gasteiger partial charge in [-0.25, -0.2) is 9.37 Å². The maximum absolute atomic E-state index is 13.4. The molecule has 0 aliphatic carbocycles. The Kier molecular flexibility index (Phi) is 5.67. The third-order valence-electron chi connectivity index (χ3n) is 2.75. The average molecular weight is 306 g/mol. The summed E-state index contributed by atoms with van der Waals surface area (Å²) in [5, 5.41) is 9.66. The van der Waals surface area contributed by atoms with Crippen LogP contribution in [0.25, 0.3) is 0 Å². The molecular weight excluding hydrogens is 291 g/mol. The van der Waals surface area contributed by atoms with Crippen LogP contribution in [0, 0.1) is 17.1 Å². The van der Waals surface area contributed by atoms with E-state index >= 15 is 0 Å². The summed E-state index contributed by atoms with van der Waals surface area (Å²) in [6, 6.07) is 8.42. The van der Waals surface area contributed by atoms with E-state index in [9.17, 15) is 4.39 Å². The molecule has 0 aliphatic heterocycles. The van der Waals surface area contributed by atoms with E-state index in [1.165, 1.54) is 17.4 Å².